The summed E-state index contributed by atoms with van der Waals surface area (Å²) in [5.74, 6) is 7.25. The van der Waals surface area contributed by atoms with E-state index in [1.54, 1.807) is 0 Å². The Balaban J connectivity index is 4.53. The van der Waals surface area contributed by atoms with E-state index in [1.165, 1.54) is 0 Å². The summed E-state index contributed by atoms with van der Waals surface area (Å²) in [7, 11) is 0. The monoisotopic (exact) mass is 119 g/mol. The molecule has 48 valence electrons. The van der Waals surface area contributed by atoms with Crippen molar-refractivity contribution in [2.45, 2.75) is 0 Å². The van der Waals surface area contributed by atoms with Crippen LogP contribution in [0.4, 0.5) is 0 Å². The molecule has 0 saturated carbocycles. The van der Waals surface area contributed by atoms with Crippen LogP contribution in [0, 0.1) is 0 Å². The number of hydrogen-bond donors (Lipinski definition) is 0. The van der Waals surface area contributed by atoms with Crippen LogP contribution in [0.15, 0.2) is 50.2 Å². The maximum atomic E-state index is 3.66. The minimum atomic E-state index is -0.889. The van der Waals surface area contributed by atoms with Gasteiger partial charge in [0.1, 0.15) is 0 Å². The van der Waals surface area contributed by atoms with Crippen molar-refractivity contribution >= 4 is 6.15 Å². The molecule has 0 aromatic heterocycles. The van der Waals surface area contributed by atoms with Crippen molar-refractivity contribution in [3.63, 3.8) is 0 Å². The molecule has 0 nitrogen and oxygen atoms in total. The average molecular weight is 119 g/mol. The summed E-state index contributed by atoms with van der Waals surface area (Å²) in [5, 5.41) is 0. The van der Waals surface area contributed by atoms with Gasteiger partial charge in [0.2, 0.25) is 0 Å². The Morgan fingerprint density at radius 3 is 0.889 bits per heavy atom. The molecule has 0 radical (unpaired) electrons. The van der Waals surface area contributed by atoms with Crippen molar-refractivity contribution in [2.75, 3.05) is 0 Å². The molecule has 0 bridgehead atoms. The fourth-order valence-electron chi connectivity index (χ4n) is 0.577. The summed E-state index contributed by atoms with van der Waals surface area (Å²) < 4.78 is 0. The highest BCUT2D eigenvalue weighted by atomic mass is 13.7. The molecular formula is C8H12B-. The van der Waals surface area contributed by atoms with Crippen LogP contribution >= 0.6 is 0 Å². The van der Waals surface area contributed by atoms with E-state index in [2.05, 4.69) is 26.3 Å². The molecule has 0 atom stereocenters. The van der Waals surface area contributed by atoms with Gasteiger partial charge < -0.3 is 0 Å². The van der Waals surface area contributed by atoms with E-state index in [9.17, 15) is 0 Å². The summed E-state index contributed by atoms with van der Waals surface area (Å²) in [4.78, 5) is 0. The number of rotatable bonds is 4. The van der Waals surface area contributed by atoms with Crippen LogP contribution < -0.4 is 0 Å². The second kappa shape index (κ2) is 3.13. The van der Waals surface area contributed by atoms with Crippen molar-refractivity contribution in [1.29, 1.82) is 0 Å². The van der Waals surface area contributed by atoms with E-state index in [1.807, 2.05) is 23.9 Å². The Bertz CT molecular complexity index is 107. The summed E-state index contributed by atoms with van der Waals surface area (Å²) in [6.45, 7) is 14.6. The first kappa shape index (κ1) is 8.02. The van der Waals surface area contributed by atoms with Crippen LogP contribution in [0.2, 0.25) is 0 Å². The van der Waals surface area contributed by atoms with Gasteiger partial charge in [-0.05, 0) is 0 Å². The molecule has 0 fully saturated rings. The van der Waals surface area contributed by atoms with Crippen LogP contribution in [0.5, 0.6) is 0 Å². The van der Waals surface area contributed by atoms with Gasteiger partial charge in [0.05, 0.1) is 6.15 Å². The Kier molecular flexibility index (Phi) is 2.79. The lowest BCUT2D eigenvalue weighted by Crippen LogP contribution is -2.22. The van der Waals surface area contributed by atoms with Gasteiger partial charge in [-0.3, -0.25) is 0 Å². The molecule has 0 saturated heterocycles. The molecule has 0 aliphatic rings. The molecule has 0 heterocycles. The standard InChI is InChI=1S/C8H12B/c1-5-9(6-2,7-3)8-4/h5-8H,1-4H2/q-1. The lowest BCUT2D eigenvalue weighted by Gasteiger charge is -2.22. The second-order valence-electron chi connectivity index (χ2n) is 2.10. The third kappa shape index (κ3) is 1.46. The van der Waals surface area contributed by atoms with Gasteiger partial charge >= 0.3 is 0 Å². The fourth-order valence-corrected chi connectivity index (χ4v) is 0.577. The van der Waals surface area contributed by atoms with E-state index in [-0.39, 0.29) is 0 Å². The first-order chi connectivity index (χ1) is 4.24. The zero-order chi connectivity index (χ0) is 7.33. The molecule has 0 aromatic rings. The molecule has 9 heavy (non-hydrogen) atoms. The fraction of sp³-hybridized carbons (Fsp3) is 0. The highest BCUT2D eigenvalue weighted by Crippen LogP contribution is 2.06. The lowest BCUT2D eigenvalue weighted by molar-refractivity contribution is 2.08. The van der Waals surface area contributed by atoms with E-state index < -0.39 is 6.15 Å². The van der Waals surface area contributed by atoms with Crippen molar-refractivity contribution in [1.82, 2.24) is 0 Å². The quantitative estimate of drug-likeness (QED) is 0.498. The predicted molar refractivity (Wildman–Crippen MR) is 46.5 cm³/mol. The first-order valence-electron chi connectivity index (χ1n) is 2.97. The second-order valence-corrected chi connectivity index (χ2v) is 2.10. The van der Waals surface area contributed by atoms with Gasteiger partial charge in [0.15, 0.2) is 0 Å². The maximum Gasteiger partial charge on any atom is 0.0751 e. The molecule has 0 aliphatic heterocycles. The van der Waals surface area contributed by atoms with Crippen LogP contribution in [0.3, 0.4) is 0 Å². The van der Waals surface area contributed by atoms with Crippen LogP contribution in [-0.2, 0) is 0 Å². The highest BCUT2D eigenvalue weighted by molar-refractivity contribution is 6.97. The van der Waals surface area contributed by atoms with Gasteiger partial charge in [-0.2, -0.15) is 0 Å². The molecule has 0 rings (SSSR count). The van der Waals surface area contributed by atoms with E-state index in [0.29, 0.717) is 0 Å². The topological polar surface area (TPSA) is 0 Å². The van der Waals surface area contributed by atoms with Crippen molar-refractivity contribution < 1.29 is 0 Å². The predicted octanol–water partition coefficient (Wildman–Crippen LogP) is 2.34. The zero-order valence-electron chi connectivity index (χ0n) is 5.72. The molecule has 0 aromatic carbocycles. The molecule has 0 aliphatic carbocycles. The molecule has 0 N–H and O–H groups in total. The Labute approximate surface area is 57.2 Å². The summed E-state index contributed by atoms with van der Waals surface area (Å²) in [5.41, 5.74) is 0. The van der Waals surface area contributed by atoms with Crippen LogP contribution in [0.1, 0.15) is 0 Å². The molecule has 1 heteroatoms. The normalized spacial score (nSPS) is 9.78. The SMILES string of the molecule is C=C[B-](C=C)(C=C)C=C. The van der Waals surface area contributed by atoms with E-state index in [4.69, 9.17) is 0 Å². The first-order valence-corrected chi connectivity index (χ1v) is 2.97. The summed E-state index contributed by atoms with van der Waals surface area (Å²) in [6, 6.07) is 0. The minimum Gasteiger partial charge on any atom is -0.240 e. The van der Waals surface area contributed by atoms with E-state index >= 15 is 0 Å². The van der Waals surface area contributed by atoms with Gasteiger partial charge in [-0.15, -0.1) is 26.3 Å². The van der Waals surface area contributed by atoms with E-state index in [0.717, 1.165) is 0 Å². The van der Waals surface area contributed by atoms with Gasteiger partial charge in [0.25, 0.3) is 0 Å². The lowest BCUT2D eigenvalue weighted by atomic mass is 9.26. The minimum absolute atomic E-state index is 0.889. The van der Waals surface area contributed by atoms with Crippen molar-refractivity contribution in [3.05, 3.63) is 50.2 Å². The van der Waals surface area contributed by atoms with Crippen molar-refractivity contribution in [2.24, 2.45) is 0 Å². The highest BCUT2D eigenvalue weighted by Gasteiger charge is 2.04. The molecule has 0 amide bonds. The van der Waals surface area contributed by atoms with Gasteiger partial charge in [0, 0.05) is 0 Å². The Hall–Kier alpha value is -0.975. The Morgan fingerprint density at radius 1 is 0.667 bits per heavy atom. The third-order valence-electron chi connectivity index (χ3n) is 1.63. The maximum absolute atomic E-state index is 3.66. The third-order valence-corrected chi connectivity index (χ3v) is 1.63. The zero-order valence-corrected chi connectivity index (χ0v) is 5.72. The average Bonchev–Trinajstić information content (AvgIpc) is 1.95. The largest absolute Gasteiger partial charge is 0.240 e. The smallest absolute Gasteiger partial charge is 0.0751 e. The van der Waals surface area contributed by atoms with Crippen LogP contribution in [0.25, 0.3) is 0 Å². The Morgan fingerprint density at radius 2 is 0.889 bits per heavy atom. The number of hydrogen-bond acceptors (Lipinski definition) is 0. The summed E-state index contributed by atoms with van der Waals surface area (Å²) >= 11 is 0. The van der Waals surface area contributed by atoms with Crippen molar-refractivity contribution in [3.8, 4) is 0 Å². The van der Waals surface area contributed by atoms with Crippen LogP contribution in [-0.4, -0.2) is 6.15 Å². The molecular weight excluding hydrogens is 107 g/mol. The van der Waals surface area contributed by atoms with Gasteiger partial charge in [-0.25, -0.2) is 23.9 Å². The summed E-state index contributed by atoms with van der Waals surface area (Å²) in [6.07, 6.45) is -0.889. The van der Waals surface area contributed by atoms with Gasteiger partial charge in [-0.1, -0.05) is 0 Å². The molecule has 0 spiro atoms. The molecule has 0 unspecified atom stereocenters.